The second-order valence-electron chi connectivity index (χ2n) is 6.36. The van der Waals surface area contributed by atoms with Crippen LogP contribution in [0.1, 0.15) is 6.92 Å². The summed E-state index contributed by atoms with van der Waals surface area (Å²) in [6.07, 6.45) is 0. The number of carbonyl (C=O) groups is 1. The van der Waals surface area contributed by atoms with Crippen molar-refractivity contribution in [2.24, 2.45) is 0 Å². The van der Waals surface area contributed by atoms with Crippen LogP contribution in [0.2, 0.25) is 0 Å². The molecular formula is C20H22N2O2S. The van der Waals surface area contributed by atoms with Gasteiger partial charge in [0.25, 0.3) is 0 Å². The number of likely N-dealkylation sites (N-methyl/N-ethyl adjacent to an activating group) is 1. The van der Waals surface area contributed by atoms with Crippen molar-refractivity contribution in [1.82, 2.24) is 9.80 Å². The fourth-order valence-electron chi connectivity index (χ4n) is 3.34. The molecule has 0 N–H and O–H groups in total. The largest absolute Gasteiger partial charge is 0.456 e. The maximum absolute atomic E-state index is 12.5. The monoisotopic (exact) mass is 354 g/mol. The first-order valence-corrected chi connectivity index (χ1v) is 9.77. The quantitative estimate of drug-likeness (QED) is 0.667. The summed E-state index contributed by atoms with van der Waals surface area (Å²) in [6.45, 7) is 6.90. The van der Waals surface area contributed by atoms with Crippen molar-refractivity contribution in [3.05, 3.63) is 42.5 Å². The van der Waals surface area contributed by atoms with E-state index in [1.807, 2.05) is 35.2 Å². The van der Waals surface area contributed by atoms with E-state index in [0.717, 1.165) is 59.6 Å². The molecule has 2 aromatic carbocycles. The van der Waals surface area contributed by atoms with E-state index in [1.54, 1.807) is 11.8 Å². The molecule has 0 atom stereocenters. The highest BCUT2D eigenvalue weighted by Gasteiger charge is 2.20. The molecule has 1 aliphatic heterocycles. The summed E-state index contributed by atoms with van der Waals surface area (Å²) in [5, 5.41) is 2.24. The van der Waals surface area contributed by atoms with Crippen LogP contribution < -0.4 is 0 Å². The van der Waals surface area contributed by atoms with Gasteiger partial charge in [-0.2, -0.15) is 0 Å². The molecule has 0 radical (unpaired) electrons. The minimum atomic E-state index is 0.234. The summed E-state index contributed by atoms with van der Waals surface area (Å²) in [5.74, 6) is 0.728. The second-order valence-corrected chi connectivity index (χ2v) is 7.41. The summed E-state index contributed by atoms with van der Waals surface area (Å²) in [6, 6.07) is 14.2. The number of furan rings is 1. The predicted molar refractivity (Wildman–Crippen MR) is 103 cm³/mol. The number of benzene rings is 2. The Bertz CT molecular complexity index is 897. The zero-order valence-corrected chi connectivity index (χ0v) is 15.2. The van der Waals surface area contributed by atoms with Gasteiger partial charge in [-0.25, -0.2) is 0 Å². The number of rotatable bonds is 4. The number of hydrogen-bond acceptors (Lipinski definition) is 4. The van der Waals surface area contributed by atoms with Crippen LogP contribution in [-0.2, 0) is 4.79 Å². The average Bonchev–Trinajstić information content (AvgIpc) is 3.04. The van der Waals surface area contributed by atoms with Crippen LogP contribution in [0.3, 0.4) is 0 Å². The molecule has 1 aliphatic rings. The van der Waals surface area contributed by atoms with Crippen molar-refractivity contribution < 1.29 is 9.21 Å². The van der Waals surface area contributed by atoms with Gasteiger partial charge < -0.3 is 14.2 Å². The first kappa shape index (κ1) is 16.5. The Hall–Kier alpha value is -1.98. The summed E-state index contributed by atoms with van der Waals surface area (Å²) in [5.41, 5.74) is 1.80. The Morgan fingerprint density at radius 2 is 1.80 bits per heavy atom. The SMILES string of the molecule is CCN1CCN(C(=O)CSc2ccc3oc4ccccc4c3c2)CC1. The summed E-state index contributed by atoms with van der Waals surface area (Å²) < 4.78 is 5.86. The highest BCUT2D eigenvalue weighted by molar-refractivity contribution is 8.00. The Morgan fingerprint density at radius 1 is 1.04 bits per heavy atom. The Morgan fingerprint density at radius 3 is 2.60 bits per heavy atom. The standard InChI is InChI=1S/C20H22N2O2S/c1-2-21-9-11-22(12-10-21)20(23)14-25-15-7-8-19-17(13-15)16-5-3-4-6-18(16)24-19/h3-8,13H,2,9-12,14H2,1H3. The number of hydrogen-bond donors (Lipinski definition) is 0. The third-order valence-electron chi connectivity index (χ3n) is 4.88. The highest BCUT2D eigenvalue weighted by atomic mass is 32.2. The maximum Gasteiger partial charge on any atom is 0.233 e. The zero-order valence-electron chi connectivity index (χ0n) is 14.4. The lowest BCUT2D eigenvalue weighted by Gasteiger charge is -2.34. The van der Waals surface area contributed by atoms with Crippen LogP contribution in [0.15, 0.2) is 51.8 Å². The fourth-order valence-corrected chi connectivity index (χ4v) is 4.18. The molecule has 4 rings (SSSR count). The van der Waals surface area contributed by atoms with Gasteiger partial charge in [0.1, 0.15) is 11.2 Å². The fraction of sp³-hybridized carbons (Fsp3) is 0.350. The van der Waals surface area contributed by atoms with E-state index < -0.39 is 0 Å². The average molecular weight is 354 g/mol. The third kappa shape index (κ3) is 3.39. The number of fused-ring (bicyclic) bond motifs is 3. The number of thioether (sulfide) groups is 1. The molecule has 1 saturated heterocycles. The molecule has 5 heteroatoms. The molecule has 1 fully saturated rings. The van der Waals surface area contributed by atoms with E-state index in [4.69, 9.17) is 4.42 Å². The third-order valence-corrected chi connectivity index (χ3v) is 5.86. The van der Waals surface area contributed by atoms with Crippen LogP contribution in [0.25, 0.3) is 21.9 Å². The summed E-state index contributed by atoms with van der Waals surface area (Å²) >= 11 is 1.61. The van der Waals surface area contributed by atoms with Crippen molar-refractivity contribution in [2.45, 2.75) is 11.8 Å². The van der Waals surface area contributed by atoms with Crippen LogP contribution in [-0.4, -0.2) is 54.2 Å². The van der Waals surface area contributed by atoms with E-state index in [2.05, 4.69) is 24.0 Å². The van der Waals surface area contributed by atoms with Gasteiger partial charge in [0.05, 0.1) is 5.75 Å². The first-order valence-electron chi connectivity index (χ1n) is 8.79. The molecule has 25 heavy (non-hydrogen) atoms. The normalized spacial score (nSPS) is 16.0. The van der Waals surface area contributed by atoms with Crippen molar-refractivity contribution in [3.8, 4) is 0 Å². The van der Waals surface area contributed by atoms with Crippen LogP contribution in [0.5, 0.6) is 0 Å². The van der Waals surface area contributed by atoms with Gasteiger partial charge in [-0.15, -0.1) is 11.8 Å². The van der Waals surface area contributed by atoms with E-state index in [9.17, 15) is 4.79 Å². The Labute approximate surface area is 151 Å². The minimum absolute atomic E-state index is 0.234. The topological polar surface area (TPSA) is 36.7 Å². The molecule has 1 aromatic heterocycles. The summed E-state index contributed by atoms with van der Waals surface area (Å²) in [7, 11) is 0. The zero-order chi connectivity index (χ0) is 17.2. The molecule has 4 nitrogen and oxygen atoms in total. The molecule has 3 aromatic rings. The molecule has 0 unspecified atom stereocenters. The van der Waals surface area contributed by atoms with Gasteiger partial charge in [-0.3, -0.25) is 4.79 Å². The number of para-hydroxylation sites is 1. The number of amides is 1. The molecular weight excluding hydrogens is 332 g/mol. The molecule has 2 heterocycles. The van der Waals surface area contributed by atoms with Crippen molar-refractivity contribution in [1.29, 1.82) is 0 Å². The molecule has 0 spiro atoms. The first-order chi connectivity index (χ1) is 12.2. The van der Waals surface area contributed by atoms with Gasteiger partial charge in [-0.1, -0.05) is 25.1 Å². The highest BCUT2D eigenvalue weighted by Crippen LogP contribution is 2.32. The Kier molecular flexibility index (Phi) is 4.68. The molecule has 0 aliphatic carbocycles. The summed E-state index contributed by atoms with van der Waals surface area (Å²) in [4.78, 5) is 17.9. The van der Waals surface area contributed by atoms with Gasteiger partial charge in [-0.05, 0) is 30.8 Å². The van der Waals surface area contributed by atoms with Gasteiger partial charge in [0.15, 0.2) is 0 Å². The maximum atomic E-state index is 12.5. The van der Waals surface area contributed by atoms with Crippen molar-refractivity contribution in [3.63, 3.8) is 0 Å². The van der Waals surface area contributed by atoms with E-state index in [0.29, 0.717) is 5.75 Å². The van der Waals surface area contributed by atoms with Crippen molar-refractivity contribution in [2.75, 3.05) is 38.5 Å². The van der Waals surface area contributed by atoms with E-state index >= 15 is 0 Å². The second kappa shape index (κ2) is 7.10. The lowest BCUT2D eigenvalue weighted by Crippen LogP contribution is -2.49. The lowest BCUT2D eigenvalue weighted by atomic mass is 10.1. The number of nitrogens with zero attached hydrogens (tertiary/aromatic N) is 2. The van der Waals surface area contributed by atoms with Crippen LogP contribution in [0.4, 0.5) is 0 Å². The molecule has 130 valence electrons. The van der Waals surface area contributed by atoms with E-state index in [-0.39, 0.29) is 5.91 Å². The van der Waals surface area contributed by atoms with Gasteiger partial charge >= 0.3 is 0 Å². The Balaban J connectivity index is 1.44. The predicted octanol–water partition coefficient (Wildman–Crippen LogP) is 3.84. The smallest absolute Gasteiger partial charge is 0.233 e. The van der Waals surface area contributed by atoms with Crippen LogP contribution in [0, 0.1) is 0 Å². The molecule has 1 amide bonds. The number of carbonyl (C=O) groups excluding carboxylic acids is 1. The van der Waals surface area contributed by atoms with Gasteiger partial charge in [0.2, 0.25) is 5.91 Å². The molecule has 0 saturated carbocycles. The van der Waals surface area contributed by atoms with Gasteiger partial charge in [0, 0.05) is 41.8 Å². The number of piperazine rings is 1. The van der Waals surface area contributed by atoms with E-state index in [1.165, 1.54) is 0 Å². The van der Waals surface area contributed by atoms with Crippen molar-refractivity contribution >= 4 is 39.6 Å². The van der Waals surface area contributed by atoms with Crippen LogP contribution >= 0.6 is 11.8 Å². The minimum Gasteiger partial charge on any atom is -0.456 e. The molecule has 0 bridgehead atoms. The lowest BCUT2D eigenvalue weighted by molar-refractivity contribution is -0.130.